The highest BCUT2D eigenvalue weighted by Gasteiger charge is 2.54. The second-order valence-corrected chi connectivity index (χ2v) is 24.9. The Hall–Kier alpha value is -5.31. The molecule has 3 N–H and O–H groups in total. The Morgan fingerprint density at radius 2 is 1.49 bits per heavy atom. The quantitative estimate of drug-likeness (QED) is 0.0803. The Labute approximate surface area is 428 Å². The molecule has 5 aromatic rings. The number of carbonyl (C=O) groups excluding carboxylic acids is 2. The second kappa shape index (κ2) is 21.3. The highest BCUT2D eigenvalue weighted by atomic mass is 35.5. The van der Waals surface area contributed by atoms with E-state index in [1.54, 1.807) is 37.8 Å². The molecule has 20 heteroatoms. The van der Waals surface area contributed by atoms with Gasteiger partial charge in [-0.05, 0) is 129 Å². The van der Waals surface area contributed by atoms with Crippen molar-refractivity contribution < 1.29 is 49.4 Å². The summed E-state index contributed by atoms with van der Waals surface area (Å²) in [6.07, 6.45) is 0.634. The van der Waals surface area contributed by atoms with Crippen LogP contribution in [0.5, 0.6) is 0 Å². The van der Waals surface area contributed by atoms with E-state index in [-0.39, 0.29) is 23.0 Å². The van der Waals surface area contributed by atoms with Crippen molar-refractivity contribution in [2.24, 2.45) is 11.3 Å². The molecule has 13 nitrogen and oxygen atoms in total. The van der Waals surface area contributed by atoms with E-state index in [0.29, 0.717) is 81.9 Å². The van der Waals surface area contributed by atoms with Crippen molar-refractivity contribution in [3.05, 3.63) is 137 Å². The van der Waals surface area contributed by atoms with Gasteiger partial charge in [0.25, 0.3) is 25.8 Å². The summed E-state index contributed by atoms with van der Waals surface area (Å²) in [7, 11) is -11.0. The molecule has 1 spiro atoms. The number of nitrogens with zero attached hydrogens (tertiary/aromatic N) is 3. The average molecular weight is 1070 g/mol. The monoisotopic (exact) mass is 1070 g/mol. The lowest BCUT2D eigenvalue weighted by molar-refractivity contribution is -0.112. The Balaban J connectivity index is 0.916. The second-order valence-electron chi connectivity index (χ2n) is 19.8. The van der Waals surface area contributed by atoms with E-state index in [2.05, 4.69) is 15.1 Å². The molecule has 0 bridgehead atoms. The lowest BCUT2D eigenvalue weighted by Gasteiger charge is -2.60. The fourth-order valence-corrected chi connectivity index (χ4v) is 12.7. The molecule has 2 amide bonds. The van der Waals surface area contributed by atoms with Gasteiger partial charge in [0.15, 0.2) is 0 Å². The summed E-state index contributed by atoms with van der Waals surface area (Å²) in [5, 5.41) is 15.2. The van der Waals surface area contributed by atoms with Crippen LogP contribution in [0.1, 0.15) is 62.1 Å². The van der Waals surface area contributed by atoms with Crippen molar-refractivity contribution in [2.45, 2.75) is 78.0 Å². The predicted molar refractivity (Wildman–Crippen MR) is 273 cm³/mol. The van der Waals surface area contributed by atoms with Crippen molar-refractivity contribution in [1.29, 1.82) is 0 Å². The maximum absolute atomic E-state index is 14.3. The third kappa shape index (κ3) is 12.4. The number of alkyl halides is 3. The first kappa shape index (κ1) is 53.0. The van der Waals surface area contributed by atoms with E-state index in [1.165, 1.54) is 23.9 Å². The molecule has 3 aliphatic rings. The van der Waals surface area contributed by atoms with Crippen LogP contribution in [0.4, 0.5) is 29.3 Å². The van der Waals surface area contributed by atoms with Gasteiger partial charge >= 0.3 is 11.6 Å². The average Bonchev–Trinajstić information content (AvgIpc) is 3.31. The molecule has 0 aliphatic carbocycles. The SMILES string of the molecule is CC(C)(C)OC(=O)N1CC2(CN(CCC(CSc3ccccc3)Nc3ccc(S(=O)(=O)NC(=O)c4ccc(N5CCC([C@@H](O)c6ccccc6-c6ccc(Cl)cc6)CC5)cc4)cc3S(=O)(=O)C(F)(F)F)C2)C1. The summed E-state index contributed by atoms with van der Waals surface area (Å²) in [5.74, 6) is -0.784. The number of thioether (sulfide) groups is 1. The predicted octanol–water partition coefficient (Wildman–Crippen LogP) is 9.88. The highest BCUT2D eigenvalue weighted by Crippen LogP contribution is 2.42. The van der Waals surface area contributed by atoms with E-state index in [4.69, 9.17) is 16.3 Å². The fraction of sp³-hybridized carbons (Fsp3) is 0.385. The van der Waals surface area contributed by atoms with Crippen LogP contribution in [0, 0.1) is 11.3 Å². The standard InChI is InChI=1S/C52H57ClF3N5O8S3/c1-50(2,3)69-49(64)61-33-51(34-61)31-59(32-51)26-25-39(30-70-41-9-5-4-6-10-41)57-45-22-21-42(29-46(45)71(65,66)52(54,55)56)72(67,68)58-48(63)37-15-19-40(20-16-37)60-27-23-36(24-28-60)47(62)44-12-8-7-11-43(44)35-13-17-38(53)18-14-35/h4-22,29,36,39,47,57,62H,23-28,30-34H2,1-3H3,(H,58,63)/t39?,47-/m1/s1. The Kier molecular flexibility index (Phi) is 15.7. The minimum Gasteiger partial charge on any atom is -0.444 e. The van der Waals surface area contributed by atoms with Crippen molar-refractivity contribution >= 4 is 66.6 Å². The van der Waals surface area contributed by atoms with Gasteiger partial charge < -0.3 is 29.9 Å². The summed E-state index contributed by atoms with van der Waals surface area (Å²) in [5.41, 5.74) is -3.53. The zero-order chi connectivity index (χ0) is 51.6. The van der Waals surface area contributed by atoms with Gasteiger partial charge in [0.2, 0.25) is 0 Å². The molecule has 2 atom stereocenters. The molecule has 0 saturated carbocycles. The van der Waals surface area contributed by atoms with Gasteiger partial charge in [-0.3, -0.25) is 4.79 Å². The number of ether oxygens (including phenoxy) is 1. The lowest BCUT2D eigenvalue weighted by Crippen LogP contribution is -2.73. The number of nitrogens with one attached hydrogen (secondary N) is 2. The fourth-order valence-electron chi connectivity index (χ4n) is 9.52. The molecule has 384 valence electrons. The third-order valence-corrected chi connectivity index (χ3v) is 17.5. The van der Waals surface area contributed by atoms with Gasteiger partial charge in [0.1, 0.15) is 10.5 Å². The van der Waals surface area contributed by atoms with Crippen LogP contribution in [-0.4, -0.2) is 112 Å². The van der Waals surface area contributed by atoms with E-state index in [0.717, 1.165) is 39.4 Å². The number of piperidine rings is 1. The van der Waals surface area contributed by atoms with E-state index in [1.807, 2.05) is 83.6 Å². The normalized spacial score (nSPS) is 17.4. The Morgan fingerprint density at radius 3 is 2.12 bits per heavy atom. The van der Waals surface area contributed by atoms with E-state index < -0.39 is 64.5 Å². The number of amides is 2. The number of carbonyl (C=O) groups is 2. The Morgan fingerprint density at radius 1 is 0.847 bits per heavy atom. The number of hydrogen-bond donors (Lipinski definition) is 3. The number of halogens is 4. The molecule has 3 saturated heterocycles. The summed E-state index contributed by atoms with van der Waals surface area (Å²) >= 11 is 7.53. The van der Waals surface area contributed by atoms with Crippen LogP contribution >= 0.6 is 23.4 Å². The number of aliphatic hydroxyl groups excluding tert-OH is 1. The van der Waals surface area contributed by atoms with E-state index >= 15 is 0 Å². The van der Waals surface area contributed by atoms with Gasteiger partial charge in [0, 0.05) is 84.2 Å². The minimum absolute atomic E-state index is 0.0282. The molecule has 0 radical (unpaired) electrons. The number of anilines is 2. The molecule has 1 unspecified atom stereocenters. The molecular weight excluding hydrogens is 1010 g/mol. The first-order valence-corrected chi connectivity index (χ1v) is 27.9. The number of sulfonamides is 1. The summed E-state index contributed by atoms with van der Waals surface area (Å²) in [6, 6.07) is 32.4. The van der Waals surface area contributed by atoms with Gasteiger partial charge in [-0.15, -0.1) is 11.8 Å². The molecular formula is C52H57ClF3N5O8S3. The molecule has 3 fully saturated rings. The molecule has 8 rings (SSSR count). The lowest BCUT2D eigenvalue weighted by atomic mass is 9.73. The van der Waals surface area contributed by atoms with Gasteiger partial charge in [-0.2, -0.15) is 13.2 Å². The number of aliphatic hydroxyl groups is 1. The van der Waals surface area contributed by atoms with Crippen LogP contribution < -0.4 is 14.9 Å². The van der Waals surface area contributed by atoms with Crippen LogP contribution in [0.15, 0.2) is 136 Å². The van der Waals surface area contributed by atoms with Crippen molar-refractivity contribution in [2.75, 3.05) is 61.8 Å². The molecule has 3 heterocycles. The van der Waals surface area contributed by atoms with Crippen LogP contribution in [0.3, 0.4) is 0 Å². The van der Waals surface area contributed by atoms with Gasteiger partial charge in [0.05, 0.1) is 16.7 Å². The number of likely N-dealkylation sites (tertiary alicyclic amines) is 2. The largest absolute Gasteiger partial charge is 0.501 e. The zero-order valence-electron chi connectivity index (χ0n) is 39.9. The third-order valence-electron chi connectivity index (χ3n) is 13.2. The zero-order valence-corrected chi connectivity index (χ0v) is 43.1. The molecule has 72 heavy (non-hydrogen) atoms. The van der Waals surface area contributed by atoms with E-state index in [9.17, 15) is 44.7 Å². The summed E-state index contributed by atoms with van der Waals surface area (Å²) < 4.78 is 104. The first-order valence-electron chi connectivity index (χ1n) is 23.5. The van der Waals surface area contributed by atoms with Crippen molar-refractivity contribution in [3.8, 4) is 11.1 Å². The van der Waals surface area contributed by atoms with Crippen LogP contribution in [0.25, 0.3) is 11.1 Å². The molecule has 5 aromatic carbocycles. The van der Waals surface area contributed by atoms with Gasteiger partial charge in [-0.1, -0.05) is 66.2 Å². The van der Waals surface area contributed by atoms with Crippen molar-refractivity contribution in [1.82, 2.24) is 14.5 Å². The summed E-state index contributed by atoms with van der Waals surface area (Å²) in [6.45, 7) is 9.58. The van der Waals surface area contributed by atoms with Crippen LogP contribution in [0.2, 0.25) is 5.02 Å². The number of hydrogen-bond acceptors (Lipinski definition) is 12. The first-order chi connectivity index (χ1) is 34.0. The maximum Gasteiger partial charge on any atom is 0.501 e. The maximum atomic E-state index is 14.3. The minimum atomic E-state index is -6.12. The van der Waals surface area contributed by atoms with Crippen LogP contribution in [-0.2, 0) is 24.6 Å². The summed E-state index contributed by atoms with van der Waals surface area (Å²) in [4.78, 5) is 30.5. The Bertz CT molecular complexity index is 2960. The smallest absolute Gasteiger partial charge is 0.444 e. The molecule has 0 aromatic heterocycles. The van der Waals surface area contributed by atoms with Crippen molar-refractivity contribution in [3.63, 3.8) is 0 Å². The number of sulfone groups is 1. The van der Waals surface area contributed by atoms with Gasteiger partial charge in [-0.25, -0.2) is 26.4 Å². The topological polar surface area (TPSA) is 166 Å². The highest BCUT2D eigenvalue weighted by molar-refractivity contribution is 7.99. The number of rotatable bonds is 16. The number of benzene rings is 5. The molecule has 3 aliphatic heterocycles.